The SMILES string of the molecule is Cc1ccccc1-c1cccc(C(=O)Cl)c1C. The molecule has 17 heavy (non-hydrogen) atoms. The molecule has 2 heteroatoms. The number of rotatable bonds is 2. The van der Waals surface area contributed by atoms with Gasteiger partial charge in [-0.2, -0.15) is 0 Å². The molecule has 2 aromatic rings. The average Bonchev–Trinajstić information content (AvgIpc) is 2.30. The summed E-state index contributed by atoms with van der Waals surface area (Å²) in [5.74, 6) is 0. The van der Waals surface area contributed by atoms with E-state index < -0.39 is 5.24 Å². The van der Waals surface area contributed by atoms with Crippen LogP contribution < -0.4 is 0 Å². The first-order chi connectivity index (χ1) is 8.11. The van der Waals surface area contributed by atoms with Gasteiger partial charge in [-0.3, -0.25) is 4.79 Å². The Morgan fingerprint density at radius 2 is 1.59 bits per heavy atom. The van der Waals surface area contributed by atoms with Crippen molar-refractivity contribution in [2.75, 3.05) is 0 Å². The van der Waals surface area contributed by atoms with Gasteiger partial charge in [0.25, 0.3) is 5.24 Å². The summed E-state index contributed by atoms with van der Waals surface area (Å²) in [6.07, 6.45) is 0. The quantitative estimate of drug-likeness (QED) is 0.718. The summed E-state index contributed by atoms with van der Waals surface area (Å²) in [5.41, 5.74) is 4.91. The van der Waals surface area contributed by atoms with E-state index in [1.807, 2.05) is 31.2 Å². The third-order valence-electron chi connectivity index (χ3n) is 2.98. The van der Waals surface area contributed by atoms with E-state index >= 15 is 0 Å². The Morgan fingerprint density at radius 1 is 0.941 bits per heavy atom. The van der Waals surface area contributed by atoms with E-state index in [1.165, 1.54) is 5.56 Å². The molecule has 86 valence electrons. The topological polar surface area (TPSA) is 17.1 Å². The minimum atomic E-state index is -0.405. The lowest BCUT2D eigenvalue weighted by molar-refractivity contribution is 0.108. The Kier molecular flexibility index (Phi) is 3.30. The van der Waals surface area contributed by atoms with Crippen LogP contribution in [0.2, 0.25) is 0 Å². The van der Waals surface area contributed by atoms with Gasteiger partial charge >= 0.3 is 0 Å². The van der Waals surface area contributed by atoms with Crippen LogP contribution in [-0.4, -0.2) is 5.24 Å². The summed E-state index contributed by atoms with van der Waals surface area (Å²) in [6.45, 7) is 3.99. The van der Waals surface area contributed by atoms with Crippen molar-refractivity contribution in [3.63, 3.8) is 0 Å². The molecular weight excluding hydrogens is 232 g/mol. The molecule has 0 aliphatic heterocycles. The zero-order valence-electron chi connectivity index (χ0n) is 9.83. The molecule has 0 aromatic heterocycles. The zero-order valence-corrected chi connectivity index (χ0v) is 10.6. The second-order valence-electron chi connectivity index (χ2n) is 4.07. The van der Waals surface area contributed by atoms with Crippen LogP contribution >= 0.6 is 11.6 Å². The van der Waals surface area contributed by atoms with Gasteiger partial charge in [0, 0.05) is 5.56 Å². The van der Waals surface area contributed by atoms with Gasteiger partial charge in [0.15, 0.2) is 0 Å². The van der Waals surface area contributed by atoms with Gasteiger partial charge in [-0.1, -0.05) is 36.4 Å². The normalized spacial score (nSPS) is 10.3. The number of aryl methyl sites for hydroxylation is 1. The second kappa shape index (κ2) is 4.72. The van der Waals surface area contributed by atoms with Gasteiger partial charge < -0.3 is 0 Å². The molecule has 0 aliphatic rings. The van der Waals surface area contributed by atoms with E-state index in [4.69, 9.17) is 11.6 Å². The fourth-order valence-corrected chi connectivity index (χ4v) is 2.22. The highest BCUT2D eigenvalue weighted by Crippen LogP contribution is 2.28. The molecule has 0 heterocycles. The molecule has 0 spiro atoms. The molecule has 1 nitrogen and oxygen atoms in total. The van der Waals surface area contributed by atoms with E-state index in [1.54, 1.807) is 6.07 Å². The van der Waals surface area contributed by atoms with Gasteiger partial charge in [0.2, 0.25) is 0 Å². The molecule has 0 amide bonds. The van der Waals surface area contributed by atoms with Crippen molar-refractivity contribution in [1.29, 1.82) is 0 Å². The van der Waals surface area contributed by atoms with Gasteiger partial charge in [-0.25, -0.2) is 0 Å². The lowest BCUT2D eigenvalue weighted by Gasteiger charge is -2.11. The van der Waals surface area contributed by atoms with Crippen LogP contribution in [0, 0.1) is 13.8 Å². The molecule has 0 unspecified atom stereocenters. The minimum absolute atomic E-state index is 0.405. The Hall–Kier alpha value is -1.60. The number of carbonyl (C=O) groups excluding carboxylic acids is 1. The van der Waals surface area contributed by atoms with Crippen molar-refractivity contribution >= 4 is 16.8 Å². The Labute approximate surface area is 106 Å². The fraction of sp³-hybridized carbons (Fsp3) is 0.133. The first-order valence-corrected chi connectivity index (χ1v) is 5.84. The van der Waals surface area contributed by atoms with Gasteiger partial charge in [-0.05, 0) is 53.8 Å². The van der Waals surface area contributed by atoms with Gasteiger partial charge in [0.1, 0.15) is 0 Å². The van der Waals surface area contributed by atoms with Crippen molar-refractivity contribution in [2.45, 2.75) is 13.8 Å². The molecule has 0 atom stereocenters. The lowest BCUT2D eigenvalue weighted by atomic mass is 9.94. The maximum Gasteiger partial charge on any atom is 0.252 e. The van der Waals surface area contributed by atoms with Crippen LogP contribution in [0.15, 0.2) is 42.5 Å². The molecule has 2 rings (SSSR count). The third-order valence-corrected chi connectivity index (χ3v) is 3.18. The summed E-state index contributed by atoms with van der Waals surface area (Å²) < 4.78 is 0. The summed E-state index contributed by atoms with van der Waals surface area (Å²) in [6, 6.07) is 13.8. The first-order valence-electron chi connectivity index (χ1n) is 5.46. The number of carbonyl (C=O) groups is 1. The average molecular weight is 245 g/mol. The number of benzene rings is 2. The molecule has 0 saturated heterocycles. The molecule has 0 radical (unpaired) electrons. The molecule has 0 bridgehead atoms. The van der Waals surface area contributed by atoms with E-state index in [-0.39, 0.29) is 0 Å². The predicted molar refractivity (Wildman–Crippen MR) is 71.5 cm³/mol. The van der Waals surface area contributed by atoms with Crippen molar-refractivity contribution in [1.82, 2.24) is 0 Å². The van der Waals surface area contributed by atoms with Gasteiger partial charge in [-0.15, -0.1) is 0 Å². The highest BCUT2D eigenvalue weighted by molar-refractivity contribution is 6.68. The Bertz CT molecular complexity index is 573. The van der Waals surface area contributed by atoms with Crippen LogP contribution in [0.3, 0.4) is 0 Å². The predicted octanol–water partition coefficient (Wildman–Crippen LogP) is 4.35. The van der Waals surface area contributed by atoms with Crippen molar-refractivity contribution in [2.24, 2.45) is 0 Å². The van der Waals surface area contributed by atoms with Crippen LogP contribution in [0.1, 0.15) is 21.5 Å². The summed E-state index contributed by atoms with van der Waals surface area (Å²) in [5, 5.41) is -0.405. The second-order valence-corrected chi connectivity index (χ2v) is 4.41. The largest absolute Gasteiger partial charge is 0.276 e. The van der Waals surface area contributed by atoms with Crippen molar-refractivity contribution < 1.29 is 4.79 Å². The van der Waals surface area contributed by atoms with Crippen LogP contribution in [-0.2, 0) is 0 Å². The summed E-state index contributed by atoms with van der Waals surface area (Å²) >= 11 is 5.57. The monoisotopic (exact) mass is 244 g/mol. The third kappa shape index (κ3) is 2.25. The Morgan fingerprint density at radius 3 is 2.24 bits per heavy atom. The number of hydrogen-bond donors (Lipinski definition) is 0. The van der Waals surface area contributed by atoms with Crippen LogP contribution in [0.25, 0.3) is 11.1 Å². The van der Waals surface area contributed by atoms with E-state index in [2.05, 4.69) is 19.1 Å². The summed E-state index contributed by atoms with van der Waals surface area (Å²) in [7, 11) is 0. The lowest BCUT2D eigenvalue weighted by Crippen LogP contribution is -1.96. The molecule has 0 aliphatic carbocycles. The minimum Gasteiger partial charge on any atom is -0.276 e. The Balaban J connectivity index is 2.65. The molecule has 0 fully saturated rings. The molecule has 2 aromatic carbocycles. The van der Waals surface area contributed by atoms with Crippen LogP contribution in [0.4, 0.5) is 0 Å². The maximum absolute atomic E-state index is 11.3. The molecular formula is C15H13ClO. The van der Waals surface area contributed by atoms with Gasteiger partial charge in [0.05, 0.1) is 0 Å². The number of hydrogen-bond acceptors (Lipinski definition) is 1. The van der Waals surface area contributed by atoms with E-state index in [0.717, 1.165) is 16.7 Å². The highest BCUT2D eigenvalue weighted by Gasteiger charge is 2.11. The zero-order chi connectivity index (χ0) is 12.4. The maximum atomic E-state index is 11.3. The molecule has 0 N–H and O–H groups in total. The highest BCUT2D eigenvalue weighted by atomic mass is 35.5. The molecule has 0 saturated carbocycles. The van der Waals surface area contributed by atoms with E-state index in [0.29, 0.717) is 5.56 Å². The summed E-state index contributed by atoms with van der Waals surface area (Å²) in [4.78, 5) is 11.3. The fourth-order valence-electron chi connectivity index (χ4n) is 2.02. The standard InChI is InChI=1S/C15H13ClO/c1-10-6-3-4-7-12(10)13-8-5-9-14(11(13)2)15(16)17/h3-9H,1-2H3. The van der Waals surface area contributed by atoms with Crippen molar-refractivity contribution in [3.05, 3.63) is 59.2 Å². The van der Waals surface area contributed by atoms with Crippen molar-refractivity contribution in [3.8, 4) is 11.1 Å². The van der Waals surface area contributed by atoms with Crippen LogP contribution in [0.5, 0.6) is 0 Å². The first kappa shape index (κ1) is 11.9. The van der Waals surface area contributed by atoms with E-state index in [9.17, 15) is 4.79 Å². The smallest absolute Gasteiger partial charge is 0.252 e. The number of halogens is 1.